The highest BCUT2D eigenvalue weighted by molar-refractivity contribution is 6.08. The highest BCUT2D eigenvalue weighted by atomic mass is 16.5. The maximum absolute atomic E-state index is 12.5. The molecule has 0 saturated carbocycles. The topological polar surface area (TPSA) is 64.6 Å². The second-order valence-corrected chi connectivity index (χ2v) is 5.32. The molecule has 1 amide bonds. The quantitative estimate of drug-likeness (QED) is 0.940. The summed E-state index contributed by atoms with van der Waals surface area (Å²) in [7, 11) is 3.03. The van der Waals surface area contributed by atoms with Crippen molar-refractivity contribution in [2.75, 3.05) is 14.2 Å². The van der Waals surface area contributed by atoms with E-state index in [0.717, 1.165) is 5.56 Å². The molecule has 1 unspecified atom stereocenters. The summed E-state index contributed by atoms with van der Waals surface area (Å²) in [5.41, 5.74) is 2.01. The first-order chi connectivity index (χ1) is 11.1. The van der Waals surface area contributed by atoms with Gasteiger partial charge in [0, 0.05) is 18.1 Å². The molecule has 0 bridgehead atoms. The van der Waals surface area contributed by atoms with Gasteiger partial charge in [-0.05, 0) is 17.7 Å². The number of ketones is 1. The smallest absolute Gasteiger partial charge is 0.255 e. The van der Waals surface area contributed by atoms with Gasteiger partial charge >= 0.3 is 0 Å². The number of hydrogen-bond acceptors (Lipinski definition) is 4. The molecule has 0 fully saturated rings. The molecule has 118 valence electrons. The molecular formula is C18H17NO4. The predicted molar refractivity (Wildman–Crippen MR) is 85.3 cm³/mol. The minimum absolute atomic E-state index is 0.0542. The molecule has 0 radical (unpaired) electrons. The van der Waals surface area contributed by atoms with E-state index in [0.29, 0.717) is 29.0 Å². The first-order valence-corrected chi connectivity index (χ1v) is 7.29. The number of rotatable bonds is 4. The van der Waals surface area contributed by atoms with E-state index in [1.165, 1.54) is 7.11 Å². The van der Waals surface area contributed by atoms with Crippen molar-refractivity contribution in [3.63, 3.8) is 0 Å². The summed E-state index contributed by atoms with van der Waals surface area (Å²) in [6, 6.07) is 11.8. The number of carbonyl (C=O) groups excluding carboxylic acids is 2. The number of methoxy groups -OCH3 is 2. The average molecular weight is 311 g/mol. The minimum Gasteiger partial charge on any atom is -0.497 e. The Labute approximate surface area is 134 Å². The minimum atomic E-state index is -0.535. The van der Waals surface area contributed by atoms with Gasteiger partial charge in [-0.1, -0.05) is 24.3 Å². The van der Waals surface area contributed by atoms with Gasteiger partial charge in [0.25, 0.3) is 5.91 Å². The van der Waals surface area contributed by atoms with Crippen LogP contribution >= 0.6 is 0 Å². The van der Waals surface area contributed by atoms with Crippen molar-refractivity contribution in [3.05, 3.63) is 59.2 Å². The summed E-state index contributed by atoms with van der Waals surface area (Å²) in [6.07, 6.45) is 0.513. The summed E-state index contributed by atoms with van der Waals surface area (Å²) < 4.78 is 10.4. The summed E-state index contributed by atoms with van der Waals surface area (Å²) in [5.74, 6) is 0.615. The molecule has 2 aromatic rings. The predicted octanol–water partition coefficient (Wildman–Crippen LogP) is 2.24. The molecule has 5 nitrogen and oxygen atoms in total. The van der Waals surface area contributed by atoms with Gasteiger partial charge in [-0.3, -0.25) is 9.59 Å². The van der Waals surface area contributed by atoms with E-state index in [-0.39, 0.29) is 11.7 Å². The van der Waals surface area contributed by atoms with Gasteiger partial charge in [0.2, 0.25) is 0 Å². The Morgan fingerprint density at radius 2 is 1.91 bits per heavy atom. The Bertz CT molecular complexity index is 769. The largest absolute Gasteiger partial charge is 0.497 e. The van der Waals surface area contributed by atoms with Crippen molar-refractivity contribution in [1.82, 2.24) is 5.32 Å². The van der Waals surface area contributed by atoms with E-state index in [2.05, 4.69) is 5.32 Å². The third-order valence-electron chi connectivity index (χ3n) is 3.98. The molecule has 23 heavy (non-hydrogen) atoms. The van der Waals surface area contributed by atoms with Crippen molar-refractivity contribution >= 4 is 11.7 Å². The number of ether oxygens (including phenoxy) is 2. The standard InChI is InChI=1S/C18H17NO4/c1-22-12-7-8-14(16(10-12)23-2)18(21)19-15-9-11-5-3-4-6-13(11)17(15)20/h3-8,10,15H,9H2,1-2H3,(H,19,21). The van der Waals surface area contributed by atoms with E-state index in [9.17, 15) is 9.59 Å². The van der Waals surface area contributed by atoms with Crippen LogP contribution in [0.15, 0.2) is 42.5 Å². The van der Waals surface area contributed by atoms with E-state index in [1.807, 2.05) is 18.2 Å². The lowest BCUT2D eigenvalue weighted by Gasteiger charge is -2.14. The molecule has 3 rings (SSSR count). The molecular weight excluding hydrogens is 294 g/mol. The van der Waals surface area contributed by atoms with Crippen molar-refractivity contribution in [2.45, 2.75) is 12.5 Å². The normalized spacial score (nSPS) is 15.9. The van der Waals surface area contributed by atoms with Crippen LogP contribution in [0.25, 0.3) is 0 Å². The molecule has 1 atom stereocenters. The molecule has 0 aliphatic heterocycles. The zero-order valence-corrected chi connectivity index (χ0v) is 13.0. The molecule has 0 spiro atoms. The van der Waals surface area contributed by atoms with Gasteiger partial charge in [0.15, 0.2) is 5.78 Å². The third kappa shape index (κ3) is 2.77. The van der Waals surface area contributed by atoms with Crippen LogP contribution in [-0.4, -0.2) is 32.0 Å². The third-order valence-corrected chi connectivity index (χ3v) is 3.98. The van der Waals surface area contributed by atoms with Gasteiger partial charge in [-0.15, -0.1) is 0 Å². The fraction of sp³-hybridized carbons (Fsp3) is 0.222. The van der Waals surface area contributed by atoms with Crippen molar-refractivity contribution in [3.8, 4) is 11.5 Å². The Kier molecular flexibility index (Phi) is 4.02. The van der Waals surface area contributed by atoms with Gasteiger partial charge in [-0.2, -0.15) is 0 Å². The number of carbonyl (C=O) groups is 2. The SMILES string of the molecule is COc1ccc(C(=O)NC2Cc3ccccc3C2=O)c(OC)c1. The molecule has 1 aliphatic carbocycles. The fourth-order valence-electron chi connectivity index (χ4n) is 2.78. The van der Waals surface area contributed by atoms with Crippen LogP contribution in [0.4, 0.5) is 0 Å². The van der Waals surface area contributed by atoms with Crippen LogP contribution in [0, 0.1) is 0 Å². The molecule has 5 heteroatoms. The maximum atomic E-state index is 12.5. The Hall–Kier alpha value is -2.82. The van der Waals surface area contributed by atoms with Crippen LogP contribution in [0.2, 0.25) is 0 Å². The van der Waals surface area contributed by atoms with E-state index in [4.69, 9.17) is 9.47 Å². The van der Waals surface area contributed by atoms with Gasteiger partial charge in [0.05, 0.1) is 25.8 Å². The van der Waals surface area contributed by atoms with E-state index < -0.39 is 6.04 Å². The zero-order chi connectivity index (χ0) is 16.4. The number of fused-ring (bicyclic) bond motifs is 1. The monoisotopic (exact) mass is 311 g/mol. The van der Waals surface area contributed by atoms with E-state index in [1.54, 1.807) is 31.4 Å². The van der Waals surface area contributed by atoms with Gasteiger partial charge in [0.1, 0.15) is 11.5 Å². The Morgan fingerprint density at radius 3 is 2.61 bits per heavy atom. The summed E-state index contributed by atoms with van der Waals surface area (Å²) >= 11 is 0. The number of hydrogen-bond donors (Lipinski definition) is 1. The summed E-state index contributed by atoms with van der Waals surface area (Å²) in [6.45, 7) is 0. The number of Topliss-reactive ketones (excluding diaryl/α,β-unsaturated/α-hetero) is 1. The molecule has 1 N–H and O–H groups in total. The number of amides is 1. The lowest BCUT2D eigenvalue weighted by Crippen LogP contribution is -2.39. The zero-order valence-electron chi connectivity index (χ0n) is 13.0. The van der Waals surface area contributed by atoms with Gasteiger partial charge < -0.3 is 14.8 Å². The highest BCUT2D eigenvalue weighted by Gasteiger charge is 2.31. The lowest BCUT2D eigenvalue weighted by atomic mass is 10.1. The highest BCUT2D eigenvalue weighted by Crippen LogP contribution is 2.26. The molecule has 1 aliphatic rings. The van der Waals surface area contributed by atoms with Crippen LogP contribution in [0.3, 0.4) is 0 Å². The lowest BCUT2D eigenvalue weighted by molar-refractivity contribution is 0.0866. The summed E-state index contributed by atoms with van der Waals surface area (Å²) in [5, 5.41) is 2.79. The van der Waals surface area contributed by atoms with Crippen LogP contribution < -0.4 is 14.8 Å². The number of benzene rings is 2. The van der Waals surface area contributed by atoms with Crippen molar-refractivity contribution in [1.29, 1.82) is 0 Å². The fourth-order valence-corrected chi connectivity index (χ4v) is 2.78. The van der Waals surface area contributed by atoms with Crippen LogP contribution in [-0.2, 0) is 6.42 Å². The molecule has 0 aromatic heterocycles. The second-order valence-electron chi connectivity index (χ2n) is 5.32. The van der Waals surface area contributed by atoms with Crippen molar-refractivity contribution < 1.29 is 19.1 Å². The molecule has 0 saturated heterocycles. The van der Waals surface area contributed by atoms with E-state index >= 15 is 0 Å². The second kappa shape index (κ2) is 6.12. The average Bonchev–Trinajstić information content (AvgIpc) is 2.90. The Balaban J connectivity index is 1.80. The van der Waals surface area contributed by atoms with Crippen molar-refractivity contribution in [2.24, 2.45) is 0 Å². The first kappa shape index (κ1) is 15.1. The Morgan fingerprint density at radius 1 is 1.13 bits per heavy atom. The van der Waals surface area contributed by atoms with Crippen LogP contribution in [0.5, 0.6) is 11.5 Å². The van der Waals surface area contributed by atoms with Crippen LogP contribution in [0.1, 0.15) is 26.3 Å². The molecule has 0 heterocycles. The first-order valence-electron chi connectivity index (χ1n) is 7.29. The van der Waals surface area contributed by atoms with Gasteiger partial charge in [-0.25, -0.2) is 0 Å². The number of nitrogens with one attached hydrogen (secondary N) is 1. The summed E-state index contributed by atoms with van der Waals surface area (Å²) in [4.78, 5) is 24.8. The maximum Gasteiger partial charge on any atom is 0.255 e. The molecule has 2 aromatic carbocycles.